The van der Waals surface area contributed by atoms with Crippen LogP contribution in [-0.2, 0) is 4.79 Å². The molecule has 2 aromatic rings. The number of benzene rings is 1. The summed E-state index contributed by atoms with van der Waals surface area (Å²) in [5.41, 5.74) is 0.517. The summed E-state index contributed by atoms with van der Waals surface area (Å²) in [6.45, 7) is 6.84. The number of piperazine rings is 1. The maximum Gasteiger partial charge on any atom is 0.255 e. The summed E-state index contributed by atoms with van der Waals surface area (Å²) in [5, 5.41) is 2.76. The Morgan fingerprint density at radius 1 is 1.21 bits per heavy atom. The van der Waals surface area contributed by atoms with Gasteiger partial charge in [0, 0.05) is 49.5 Å². The van der Waals surface area contributed by atoms with Crippen LogP contribution < -0.4 is 10.1 Å². The molecule has 1 aromatic carbocycles. The minimum Gasteiger partial charge on any atom is -0.439 e. The van der Waals surface area contributed by atoms with Gasteiger partial charge in [-0.25, -0.2) is 4.98 Å². The molecule has 29 heavy (non-hydrogen) atoms. The molecule has 3 rings (SSSR count). The SMILES string of the molecule is C=CCNC(=O)CN1CCN(C(=O)c2ccc(Oc3cccc(Br)c3)nc2)CC1. The predicted octanol–water partition coefficient (Wildman–Crippen LogP) is 2.70. The molecule has 8 heteroatoms. The lowest BCUT2D eigenvalue weighted by atomic mass is 10.2. The average Bonchev–Trinajstić information content (AvgIpc) is 2.73. The maximum absolute atomic E-state index is 12.7. The Kier molecular flexibility index (Phi) is 7.37. The van der Waals surface area contributed by atoms with Crippen molar-refractivity contribution in [1.29, 1.82) is 0 Å². The maximum atomic E-state index is 12.7. The molecule has 7 nitrogen and oxygen atoms in total. The van der Waals surface area contributed by atoms with Crippen LogP contribution in [0.2, 0.25) is 0 Å². The Morgan fingerprint density at radius 2 is 2.00 bits per heavy atom. The molecule has 2 amide bonds. The van der Waals surface area contributed by atoms with Gasteiger partial charge in [0.15, 0.2) is 0 Å². The van der Waals surface area contributed by atoms with Gasteiger partial charge < -0.3 is 15.0 Å². The van der Waals surface area contributed by atoms with Gasteiger partial charge in [-0.15, -0.1) is 6.58 Å². The number of nitrogens with zero attached hydrogens (tertiary/aromatic N) is 3. The van der Waals surface area contributed by atoms with E-state index in [-0.39, 0.29) is 11.8 Å². The van der Waals surface area contributed by atoms with E-state index in [4.69, 9.17) is 4.74 Å². The molecular formula is C21H23BrN4O3. The smallest absolute Gasteiger partial charge is 0.255 e. The van der Waals surface area contributed by atoms with Crippen LogP contribution in [-0.4, -0.2) is 65.9 Å². The number of amides is 2. The van der Waals surface area contributed by atoms with Gasteiger partial charge in [-0.05, 0) is 24.3 Å². The Bertz CT molecular complexity index is 864. The van der Waals surface area contributed by atoms with Crippen LogP contribution in [0, 0.1) is 0 Å². The normalized spacial score (nSPS) is 14.3. The van der Waals surface area contributed by atoms with Crippen LogP contribution in [0.4, 0.5) is 0 Å². The third-order valence-corrected chi connectivity index (χ3v) is 4.97. The average molecular weight is 459 g/mol. The van der Waals surface area contributed by atoms with Gasteiger partial charge in [0.25, 0.3) is 5.91 Å². The molecular weight excluding hydrogens is 436 g/mol. The van der Waals surface area contributed by atoms with Gasteiger partial charge in [-0.2, -0.15) is 0 Å². The summed E-state index contributed by atoms with van der Waals surface area (Å²) in [4.78, 5) is 32.6. The number of halogens is 1. The van der Waals surface area contributed by atoms with Gasteiger partial charge in [0.05, 0.1) is 12.1 Å². The van der Waals surface area contributed by atoms with Crippen molar-refractivity contribution in [3.8, 4) is 11.6 Å². The standard InChI is InChI=1S/C21H23BrN4O3/c1-2-8-23-19(27)15-25-9-11-26(12-10-25)21(28)16-6-7-20(24-14-16)29-18-5-3-4-17(22)13-18/h2-7,13-14H,1,8-12,15H2,(H,23,27). The molecule has 1 N–H and O–H groups in total. The molecule has 0 spiro atoms. The number of ether oxygens (including phenoxy) is 1. The van der Waals surface area contributed by atoms with Gasteiger partial charge in [-0.3, -0.25) is 14.5 Å². The molecule has 1 saturated heterocycles. The number of hydrogen-bond donors (Lipinski definition) is 1. The molecule has 2 heterocycles. The summed E-state index contributed by atoms with van der Waals surface area (Å²) < 4.78 is 6.62. The van der Waals surface area contributed by atoms with Crippen molar-refractivity contribution in [1.82, 2.24) is 20.1 Å². The number of carbonyl (C=O) groups is 2. The van der Waals surface area contributed by atoms with E-state index in [1.807, 2.05) is 29.2 Å². The van der Waals surface area contributed by atoms with Crippen LogP contribution in [0.25, 0.3) is 0 Å². The van der Waals surface area contributed by atoms with Crippen LogP contribution in [0.3, 0.4) is 0 Å². The zero-order valence-electron chi connectivity index (χ0n) is 16.0. The molecule has 152 valence electrons. The molecule has 1 aromatic heterocycles. The third kappa shape index (κ3) is 6.13. The lowest BCUT2D eigenvalue weighted by Crippen LogP contribution is -2.51. The third-order valence-electron chi connectivity index (χ3n) is 4.47. The summed E-state index contributed by atoms with van der Waals surface area (Å²) in [6.07, 6.45) is 3.18. The lowest BCUT2D eigenvalue weighted by molar-refractivity contribution is -0.122. The molecule has 0 unspecified atom stereocenters. The quantitative estimate of drug-likeness (QED) is 0.645. The minimum absolute atomic E-state index is 0.0325. The highest BCUT2D eigenvalue weighted by molar-refractivity contribution is 9.10. The van der Waals surface area contributed by atoms with Gasteiger partial charge >= 0.3 is 0 Å². The number of nitrogens with one attached hydrogen (secondary N) is 1. The zero-order chi connectivity index (χ0) is 20.6. The number of hydrogen-bond acceptors (Lipinski definition) is 5. The Labute approximate surface area is 178 Å². The van der Waals surface area contributed by atoms with E-state index in [0.717, 1.165) is 4.47 Å². The monoisotopic (exact) mass is 458 g/mol. The minimum atomic E-state index is -0.0673. The van der Waals surface area contributed by atoms with Crippen LogP contribution in [0.5, 0.6) is 11.6 Å². The first-order valence-electron chi connectivity index (χ1n) is 9.34. The lowest BCUT2D eigenvalue weighted by Gasteiger charge is -2.34. The van der Waals surface area contributed by atoms with E-state index < -0.39 is 0 Å². The second-order valence-corrected chi connectivity index (χ2v) is 7.52. The van der Waals surface area contributed by atoms with Crippen LogP contribution in [0.15, 0.2) is 59.7 Å². The molecule has 1 aliphatic heterocycles. The summed E-state index contributed by atoms with van der Waals surface area (Å²) >= 11 is 3.40. The number of aromatic nitrogens is 1. The Morgan fingerprint density at radius 3 is 2.66 bits per heavy atom. The van der Waals surface area contributed by atoms with E-state index in [1.165, 1.54) is 6.20 Å². The Balaban J connectivity index is 1.51. The van der Waals surface area contributed by atoms with E-state index >= 15 is 0 Å². The first-order valence-corrected chi connectivity index (χ1v) is 10.1. The van der Waals surface area contributed by atoms with Crippen molar-refractivity contribution in [3.63, 3.8) is 0 Å². The largest absolute Gasteiger partial charge is 0.439 e. The van der Waals surface area contributed by atoms with Crippen molar-refractivity contribution in [2.45, 2.75) is 0 Å². The molecule has 0 bridgehead atoms. The predicted molar refractivity (Wildman–Crippen MR) is 114 cm³/mol. The number of rotatable bonds is 7. The first-order chi connectivity index (χ1) is 14.0. The number of pyridine rings is 1. The van der Waals surface area contributed by atoms with Crippen LogP contribution in [0.1, 0.15) is 10.4 Å². The Hall–Kier alpha value is -2.71. The first kappa shape index (κ1) is 21.0. The summed E-state index contributed by atoms with van der Waals surface area (Å²) in [6, 6.07) is 10.9. The van der Waals surface area contributed by atoms with Crippen molar-refractivity contribution in [3.05, 3.63) is 65.3 Å². The summed E-state index contributed by atoms with van der Waals surface area (Å²) in [5.74, 6) is 0.992. The van der Waals surface area contributed by atoms with Crippen molar-refractivity contribution in [2.24, 2.45) is 0 Å². The molecule has 0 atom stereocenters. The van der Waals surface area contributed by atoms with Crippen molar-refractivity contribution >= 4 is 27.7 Å². The molecule has 1 aliphatic rings. The molecule has 0 saturated carbocycles. The highest BCUT2D eigenvalue weighted by Crippen LogP contribution is 2.23. The summed E-state index contributed by atoms with van der Waals surface area (Å²) in [7, 11) is 0. The fourth-order valence-corrected chi connectivity index (χ4v) is 3.33. The highest BCUT2D eigenvalue weighted by atomic mass is 79.9. The number of carbonyl (C=O) groups excluding carboxylic acids is 2. The van der Waals surface area contributed by atoms with Gasteiger partial charge in [0.1, 0.15) is 5.75 Å². The molecule has 1 fully saturated rings. The second kappa shape index (κ2) is 10.2. The zero-order valence-corrected chi connectivity index (χ0v) is 17.6. The van der Waals surface area contributed by atoms with Gasteiger partial charge in [0.2, 0.25) is 11.8 Å². The van der Waals surface area contributed by atoms with Crippen molar-refractivity contribution < 1.29 is 14.3 Å². The molecule has 0 aliphatic carbocycles. The van der Waals surface area contributed by atoms with E-state index in [0.29, 0.717) is 56.5 Å². The van der Waals surface area contributed by atoms with Gasteiger partial charge in [-0.1, -0.05) is 28.1 Å². The topological polar surface area (TPSA) is 74.8 Å². The fourth-order valence-electron chi connectivity index (χ4n) is 2.96. The van der Waals surface area contributed by atoms with E-state index in [1.54, 1.807) is 23.1 Å². The van der Waals surface area contributed by atoms with E-state index in [9.17, 15) is 9.59 Å². The molecule has 0 radical (unpaired) electrons. The van der Waals surface area contributed by atoms with Crippen LogP contribution >= 0.6 is 15.9 Å². The fraction of sp³-hybridized carbons (Fsp3) is 0.286. The van der Waals surface area contributed by atoms with Crippen molar-refractivity contribution in [2.75, 3.05) is 39.3 Å². The highest BCUT2D eigenvalue weighted by Gasteiger charge is 2.23. The second-order valence-electron chi connectivity index (χ2n) is 6.61. The van der Waals surface area contributed by atoms with E-state index in [2.05, 4.69) is 32.8 Å².